The Balaban J connectivity index is 0.000000375. The minimum absolute atomic E-state index is 0.195. The summed E-state index contributed by atoms with van der Waals surface area (Å²) < 4.78 is 16.4. The van der Waals surface area contributed by atoms with Crippen molar-refractivity contribution in [2.24, 2.45) is 0 Å². The van der Waals surface area contributed by atoms with Gasteiger partial charge in [0.15, 0.2) is 11.5 Å². The summed E-state index contributed by atoms with van der Waals surface area (Å²) in [6.45, 7) is 2.02. The largest absolute Gasteiger partial charge is 0.493 e. The van der Waals surface area contributed by atoms with Gasteiger partial charge in [0.2, 0.25) is 6.41 Å². The average Bonchev–Trinajstić information content (AvgIpc) is 3.38. The summed E-state index contributed by atoms with van der Waals surface area (Å²) in [5, 5.41) is 21.8. The molecule has 4 rings (SSSR count). The summed E-state index contributed by atoms with van der Waals surface area (Å²) in [4.78, 5) is 23.0. The number of rotatable bonds is 12. The highest BCUT2D eigenvalue weighted by atomic mass is 16.5. The molecule has 0 aliphatic carbocycles. The average molecular weight is 523 g/mol. The van der Waals surface area contributed by atoms with E-state index in [4.69, 9.17) is 19.3 Å². The summed E-state index contributed by atoms with van der Waals surface area (Å²) in [5.74, 6) is 1.27. The molecule has 3 N–H and O–H groups in total. The minimum atomic E-state index is -0.879. The minimum Gasteiger partial charge on any atom is -0.493 e. The Morgan fingerprint density at radius 3 is 2.45 bits per heavy atom. The predicted octanol–water partition coefficient (Wildman–Crippen LogP) is 3.18. The number of nitrogens with one attached hydrogen (secondary N) is 1. The lowest BCUT2D eigenvalue weighted by Crippen LogP contribution is -2.32. The van der Waals surface area contributed by atoms with Gasteiger partial charge in [-0.25, -0.2) is 4.79 Å². The number of aliphatic hydroxyl groups is 1. The maximum Gasteiger partial charge on any atom is 0.335 e. The second kappa shape index (κ2) is 14.6. The summed E-state index contributed by atoms with van der Waals surface area (Å²) in [5.41, 5.74) is 3.37. The molecule has 0 spiro atoms. The molecule has 0 radical (unpaired) electrons. The zero-order valence-electron chi connectivity index (χ0n) is 21.6. The van der Waals surface area contributed by atoms with E-state index in [0.717, 1.165) is 48.4 Å². The molecule has 0 saturated heterocycles. The highest BCUT2D eigenvalue weighted by Crippen LogP contribution is 2.34. The van der Waals surface area contributed by atoms with Crippen molar-refractivity contribution < 1.29 is 34.0 Å². The molecule has 1 heterocycles. The van der Waals surface area contributed by atoms with E-state index in [0.29, 0.717) is 30.2 Å². The van der Waals surface area contributed by atoms with Crippen molar-refractivity contribution in [2.45, 2.75) is 18.9 Å². The number of hydrogen-bond acceptors (Lipinski definition) is 7. The topological polar surface area (TPSA) is 118 Å². The summed E-state index contributed by atoms with van der Waals surface area (Å²) >= 11 is 0. The summed E-state index contributed by atoms with van der Waals surface area (Å²) in [6, 6.07) is 19.8. The van der Waals surface area contributed by atoms with Crippen LogP contribution in [0.25, 0.3) is 0 Å². The van der Waals surface area contributed by atoms with Crippen molar-refractivity contribution in [3.8, 4) is 17.2 Å². The quantitative estimate of drug-likeness (QED) is 0.245. The van der Waals surface area contributed by atoms with Crippen LogP contribution in [0.15, 0.2) is 66.7 Å². The molecular formula is C29H34N2O7. The first-order valence-electron chi connectivity index (χ1n) is 12.3. The molecule has 1 aliphatic heterocycles. The van der Waals surface area contributed by atoms with Gasteiger partial charge in [0, 0.05) is 18.7 Å². The summed E-state index contributed by atoms with van der Waals surface area (Å²) in [6.07, 6.45) is 1.79. The number of aliphatic hydroxyl groups excluding tert-OH is 1. The maximum absolute atomic E-state index is 11.1. The molecular weight excluding hydrogens is 488 g/mol. The van der Waals surface area contributed by atoms with Gasteiger partial charge in [0.1, 0.15) is 18.5 Å². The molecule has 3 aromatic carbocycles. The lowest BCUT2D eigenvalue weighted by atomic mass is 10.1. The van der Waals surface area contributed by atoms with E-state index >= 15 is 0 Å². The number of methoxy groups -OCH3 is 2. The highest BCUT2D eigenvalue weighted by molar-refractivity contribution is 5.87. The Bertz CT molecular complexity index is 1190. The molecule has 0 saturated carbocycles. The third kappa shape index (κ3) is 7.96. The maximum atomic E-state index is 11.1. The van der Waals surface area contributed by atoms with Crippen LogP contribution < -0.4 is 24.4 Å². The van der Waals surface area contributed by atoms with Gasteiger partial charge in [-0.2, -0.15) is 0 Å². The normalized spacial score (nSPS) is 12.6. The zero-order valence-corrected chi connectivity index (χ0v) is 21.6. The highest BCUT2D eigenvalue weighted by Gasteiger charge is 2.22. The Morgan fingerprint density at radius 2 is 1.79 bits per heavy atom. The SMILES string of the molecule is COc1ccc(CCNCC(O)COc2cccc3c2CCN3C=O)cc1OC.O=C(O)c1ccccc1. The number of nitrogens with zero attached hydrogens (tertiary/aromatic N) is 1. The Morgan fingerprint density at radius 1 is 1.03 bits per heavy atom. The number of anilines is 1. The number of carbonyl (C=O) groups excluding carboxylic acids is 1. The van der Waals surface area contributed by atoms with Gasteiger partial charge in [-0.05, 0) is 61.3 Å². The fourth-order valence-corrected chi connectivity index (χ4v) is 4.04. The van der Waals surface area contributed by atoms with Crippen LogP contribution in [-0.4, -0.2) is 69.2 Å². The van der Waals surface area contributed by atoms with E-state index in [9.17, 15) is 14.7 Å². The van der Waals surface area contributed by atoms with Crippen molar-refractivity contribution in [3.63, 3.8) is 0 Å². The third-order valence-electron chi connectivity index (χ3n) is 6.02. The van der Waals surface area contributed by atoms with Crippen LogP contribution in [0.4, 0.5) is 5.69 Å². The number of amides is 1. The van der Waals surface area contributed by atoms with Crippen LogP contribution in [0.5, 0.6) is 17.2 Å². The van der Waals surface area contributed by atoms with Crippen molar-refractivity contribution in [3.05, 3.63) is 83.4 Å². The number of carbonyl (C=O) groups is 2. The van der Waals surface area contributed by atoms with E-state index < -0.39 is 12.1 Å². The monoisotopic (exact) mass is 522 g/mol. The predicted molar refractivity (Wildman–Crippen MR) is 145 cm³/mol. The van der Waals surface area contributed by atoms with E-state index in [1.54, 1.807) is 49.5 Å². The number of carboxylic acid groups (broad SMARTS) is 1. The summed E-state index contributed by atoms with van der Waals surface area (Å²) in [7, 11) is 3.24. The number of benzene rings is 3. The molecule has 1 aliphatic rings. The second-order valence-corrected chi connectivity index (χ2v) is 8.58. The van der Waals surface area contributed by atoms with E-state index in [1.807, 2.05) is 36.4 Å². The van der Waals surface area contributed by atoms with Crippen LogP contribution in [0.1, 0.15) is 21.5 Å². The van der Waals surface area contributed by atoms with Crippen LogP contribution in [-0.2, 0) is 17.6 Å². The van der Waals surface area contributed by atoms with Crippen LogP contribution in [0, 0.1) is 0 Å². The molecule has 3 aromatic rings. The standard InChI is InChI=1S/C22H28N2O5.C7H6O2/c1-27-21-7-6-16(12-22(21)28-2)8-10-23-13-17(26)14-29-20-5-3-4-19-18(20)9-11-24(19)15-25;8-7(9)6-4-2-1-3-5-6/h3-7,12,15,17,23,26H,8-11,13-14H2,1-2H3;1-5H,(H,8,9). The fourth-order valence-electron chi connectivity index (χ4n) is 4.04. The first kappa shape index (κ1) is 28.5. The molecule has 38 heavy (non-hydrogen) atoms. The lowest BCUT2D eigenvalue weighted by Gasteiger charge is -2.16. The Labute approximate surface area is 222 Å². The molecule has 9 nitrogen and oxygen atoms in total. The molecule has 0 bridgehead atoms. The van der Waals surface area contributed by atoms with Gasteiger partial charge in [0.25, 0.3) is 0 Å². The Hall–Kier alpha value is -4.08. The van der Waals surface area contributed by atoms with E-state index in [1.165, 1.54) is 0 Å². The molecule has 9 heteroatoms. The van der Waals surface area contributed by atoms with Gasteiger partial charge < -0.3 is 34.6 Å². The van der Waals surface area contributed by atoms with Crippen molar-refractivity contribution >= 4 is 18.1 Å². The third-order valence-corrected chi connectivity index (χ3v) is 6.02. The zero-order chi connectivity index (χ0) is 27.3. The van der Waals surface area contributed by atoms with Crippen molar-refractivity contribution in [1.82, 2.24) is 5.32 Å². The molecule has 1 unspecified atom stereocenters. The van der Waals surface area contributed by atoms with Crippen LogP contribution in [0.2, 0.25) is 0 Å². The lowest BCUT2D eigenvalue weighted by molar-refractivity contribution is -0.107. The number of aromatic carboxylic acids is 1. The van der Waals surface area contributed by atoms with Gasteiger partial charge >= 0.3 is 5.97 Å². The van der Waals surface area contributed by atoms with Crippen LogP contribution in [0.3, 0.4) is 0 Å². The first-order chi connectivity index (χ1) is 18.5. The van der Waals surface area contributed by atoms with Crippen LogP contribution >= 0.6 is 0 Å². The van der Waals surface area contributed by atoms with Gasteiger partial charge in [-0.1, -0.05) is 30.3 Å². The molecule has 202 valence electrons. The van der Waals surface area contributed by atoms with E-state index in [2.05, 4.69) is 5.32 Å². The molecule has 0 aromatic heterocycles. The second-order valence-electron chi connectivity index (χ2n) is 8.58. The first-order valence-corrected chi connectivity index (χ1v) is 12.3. The molecule has 1 amide bonds. The smallest absolute Gasteiger partial charge is 0.335 e. The van der Waals surface area contributed by atoms with Gasteiger partial charge in [0.05, 0.1) is 25.5 Å². The van der Waals surface area contributed by atoms with Gasteiger partial charge in [-0.3, -0.25) is 4.79 Å². The number of carboxylic acids is 1. The number of fused-ring (bicyclic) bond motifs is 1. The van der Waals surface area contributed by atoms with E-state index in [-0.39, 0.29) is 6.61 Å². The molecule has 1 atom stereocenters. The fraction of sp³-hybridized carbons (Fsp3) is 0.310. The molecule has 0 fully saturated rings. The Kier molecular flexibility index (Phi) is 11.0. The van der Waals surface area contributed by atoms with Crippen molar-refractivity contribution in [1.29, 1.82) is 0 Å². The number of hydrogen-bond donors (Lipinski definition) is 3. The van der Waals surface area contributed by atoms with Crippen molar-refractivity contribution in [2.75, 3.05) is 45.4 Å². The van der Waals surface area contributed by atoms with Gasteiger partial charge in [-0.15, -0.1) is 0 Å². The number of ether oxygens (including phenoxy) is 3.